The smallest absolute Gasteiger partial charge is 0.232 e. The number of aromatic nitrogens is 2. The van der Waals surface area contributed by atoms with Gasteiger partial charge in [0.1, 0.15) is 0 Å². The van der Waals surface area contributed by atoms with Gasteiger partial charge in [0.2, 0.25) is 5.91 Å². The molecule has 0 atom stereocenters. The first kappa shape index (κ1) is 14.7. The predicted molar refractivity (Wildman–Crippen MR) is 82.5 cm³/mol. The van der Waals surface area contributed by atoms with Gasteiger partial charge in [0.05, 0.1) is 11.9 Å². The van der Waals surface area contributed by atoms with Crippen molar-refractivity contribution in [2.24, 2.45) is 0 Å². The molecule has 0 radical (unpaired) electrons. The molecule has 0 saturated carbocycles. The van der Waals surface area contributed by atoms with Gasteiger partial charge in [0.25, 0.3) is 0 Å². The molecule has 1 aromatic heterocycles. The Kier molecular flexibility index (Phi) is 5.68. The molecule has 20 heavy (non-hydrogen) atoms. The number of benzene rings is 1. The van der Waals surface area contributed by atoms with Crippen molar-refractivity contribution in [2.45, 2.75) is 13.0 Å². The third-order valence-electron chi connectivity index (χ3n) is 3.00. The highest BCUT2D eigenvalue weighted by Crippen LogP contribution is 2.09. The van der Waals surface area contributed by atoms with E-state index in [1.54, 1.807) is 22.9 Å². The van der Waals surface area contributed by atoms with Gasteiger partial charge in [0.15, 0.2) is 0 Å². The van der Waals surface area contributed by atoms with Gasteiger partial charge in [-0.2, -0.15) is 16.9 Å². The number of hydrogen-bond donors (Lipinski definition) is 1. The molecule has 0 spiro atoms. The Balaban J connectivity index is 1.65. The van der Waals surface area contributed by atoms with Crippen LogP contribution in [0.4, 0.5) is 0 Å². The summed E-state index contributed by atoms with van der Waals surface area (Å²) >= 11 is 1.68. The minimum Gasteiger partial charge on any atom is -0.341 e. The molecule has 106 valence electrons. The van der Waals surface area contributed by atoms with Crippen molar-refractivity contribution in [3.63, 3.8) is 0 Å². The number of amides is 1. The lowest BCUT2D eigenvalue weighted by Crippen LogP contribution is -2.27. The predicted octanol–water partition coefficient (Wildman–Crippen LogP) is 2.34. The molecule has 2 rings (SSSR count). The van der Waals surface area contributed by atoms with Crippen molar-refractivity contribution in [3.05, 3.63) is 53.9 Å². The van der Waals surface area contributed by atoms with Crippen LogP contribution in [0.1, 0.15) is 11.1 Å². The largest absolute Gasteiger partial charge is 0.341 e. The Morgan fingerprint density at radius 3 is 2.80 bits per heavy atom. The van der Waals surface area contributed by atoms with E-state index in [4.69, 9.17) is 0 Å². The van der Waals surface area contributed by atoms with Crippen molar-refractivity contribution in [3.8, 4) is 0 Å². The number of H-pyrrole nitrogens is 1. The average Bonchev–Trinajstić information content (AvgIpc) is 2.97. The number of thioether (sulfide) groups is 1. The van der Waals surface area contributed by atoms with Gasteiger partial charge in [-0.05, 0) is 17.7 Å². The standard InChI is InChI=1S/C15H19N3OS/c1-18(11-14-9-16-17-10-14)15(19)12-20-8-7-13-5-3-2-4-6-13/h2-6,9-10H,7-8,11-12H2,1H3,(H,16,17). The van der Waals surface area contributed by atoms with Crippen LogP contribution in [0.5, 0.6) is 0 Å². The number of nitrogens with zero attached hydrogens (tertiary/aromatic N) is 2. The molecule has 4 nitrogen and oxygen atoms in total. The van der Waals surface area contributed by atoms with Crippen LogP contribution in [-0.2, 0) is 17.8 Å². The summed E-state index contributed by atoms with van der Waals surface area (Å²) in [4.78, 5) is 13.7. The van der Waals surface area contributed by atoms with E-state index in [0.717, 1.165) is 17.7 Å². The molecule has 0 aliphatic carbocycles. The van der Waals surface area contributed by atoms with Crippen molar-refractivity contribution in [2.75, 3.05) is 18.6 Å². The highest BCUT2D eigenvalue weighted by Gasteiger charge is 2.09. The fourth-order valence-electron chi connectivity index (χ4n) is 1.83. The van der Waals surface area contributed by atoms with Gasteiger partial charge in [-0.1, -0.05) is 30.3 Å². The lowest BCUT2D eigenvalue weighted by atomic mass is 10.2. The summed E-state index contributed by atoms with van der Waals surface area (Å²) in [5.74, 6) is 1.65. The number of carbonyl (C=O) groups is 1. The lowest BCUT2D eigenvalue weighted by Gasteiger charge is -2.15. The van der Waals surface area contributed by atoms with Crippen molar-refractivity contribution in [1.29, 1.82) is 0 Å². The number of aromatic amines is 1. The molecule has 1 amide bonds. The maximum absolute atomic E-state index is 12.0. The van der Waals surface area contributed by atoms with Gasteiger partial charge in [-0.15, -0.1) is 0 Å². The molecule has 1 heterocycles. The maximum Gasteiger partial charge on any atom is 0.232 e. The first-order chi connectivity index (χ1) is 9.75. The maximum atomic E-state index is 12.0. The second-order valence-corrected chi connectivity index (χ2v) is 5.75. The Hall–Kier alpha value is -1.75. The molecule has 1 N–H and O–H groups in total. The number of aryl methyl sites for hydroxylation is 1. The topological polar surface area (TPSA) is 49.0 Å². The zero-order valence-corrected chi connectivity index (χ0v) is 12.4. The van der Waals surface area contributed by atoms with E-state index in [1.807, 2.05) is 31.4 Å². The summed E-state index contributed by atoms with van der Waals surface area (Å²) in [7, 11) is 1.83. The van der Waals surface area contributed by atoms with Crippen molar-refractivity contribution in [1.82, 2.24) is 15.1 Å². The van der Waals surface area contributed by atoms with E-state index in [1.165, 1.54) is 5.56 Å². The van der Waals surface area contributed by atoms with Crippen LogP contribution in [0, 0.1) is 0 Å². The van der Waals surface area contributed by atoms with Crippen LogP contribution in [0.15, 0.2) is 42.7 Å². The highest BCUT2D eigenvalue weighted by atomic mass is 32.2. The van der Waals surface area contributed by atoms with Gasteiger partial charge < -0.3 is 4.90 Å². The zero-order valence-electron chi connectivity index (χ0n) is 11.6. The third-order valence-corrected chi connectivity index (χ3v) is 3.95. The number of nitrogens with one attached hydrogen (secondary N) is 1. The van der Waals surface area contributed by atoms with E-state index in [9.17, 15) is 4.79 Å². The van der Waals surface area contributed by atoms with Crippen LogP contribution in [0.3, 0.4) is 0 Å². The van der Waals surface area contributed by atoms with E-state index in [0.29, 0.717) is 12.3 Å². The van der Waals surface area contributed by atoms with E-state index in [2.05, 4.69) is 22.3 Å². The summed E-state index contributed by atoms with van der Waals surface area (Å²) < 4.78 is 0. The SMILES string of the molecule is CN(Cc1cn[nH]c1)C(=O)CSCCc1ccccc1. The molecular formula is C15H19N3OS. The summed E-state index contributed by atoms with van der Waals surface area (Å²) in [6, 6.07) is 10.3. The Morgan fingerprint density at radius 1 is 1.30 bits per heavy atom. The van der Waals surface area contributed by atoms with Crippen LogP contribution in [0.25, 0.3) is 0 Å². The molecule has 0 unspecified atom stereocenters. The zero-order chi connectivity index (χ0) is 14.2. The second kappa shape index (κ2) is 7.75. The molecule has 0 aliphatic rings. The first-order valence-electron chi connectivity index (χ1n) is 6.59. The monoisotopic (exact) mass is 289 g/mol. The highest BCUT2D eigenvalue weighted by molar-refractivity contribution is 7.99. The second-order valence-electron chi connectivity index (χ2n) is 4.64. The fraction of sp³-hybridized carbons (Fsp3) is 0.333. The van der Waals surface area contributed by atoms with Gasteiger partial charge >= 0.3 is 0 Å². The summed E-state index contributed by atoms with van der Waals surface area (Å²) in [5.41, 5.74) is 2.34. The quantitative estimate of drug-likeness (QED) is 0.796. The molecule has 0 bridgehead atoms. The molecule has 0 saturated heterocycles. The number of carbonyl (C=O) groups excluding carboxylic acids is 1. The van der Waals surface area contributed by atoms with E-state index >= 15 is 0 Å². The normalized spacial score (nSPS) is 10.4. The van der Waals surface area contributed by atoms with Crippen molar-refractivity contribution >= 4 is 17.7 Å². The molecular weight excluding hydrogens is 270 g/mol. The van der Waals surface area contributed by atoms with Gasteiger partial charge in [0, 0.05) is 25.4 Å². The van der Waals surface area contributed by atoms with Crippen LogP contribution in [0.2, 0.25) is 0 Å². The van der Waals surface area contributed by atoms with Gasteiger partial charge in [-0.25, -0.2) is 0 Å². The van der Waals surface area contributed by atoms with Gasteiger partial charge in [-0.3, -0.25) is 9.89 Å². The third kappa shape index (κ3) is 4.74. The molecule has 0 fully saturated rings. The van der Waals surface area contributed by atoms with Crippen molar-refractivity contribution < 1.29 is 4.79 Å². The fourth-order valence-corrected chi connectivity index (χ4v) is 2.75. The van der Waals surface area contributed by atoms with E-state index in [-0.39, 0.29) is 5.91 Å². The lowest BCUT2D eigenvalue weighted by molar-refractivity contribution is -0.127. The minimum absolute atomic E-state index is 0.157. The Morgan fingerprint density at radius 2 is 2.10 bits per heavy atom. The molecule has 2 aromatic rings. The molecule has 1 aromatic carbocycles. The van der Waals surface area contributed by atoms with E-state index < -0.39 is 0 Å². The summed E-state index contributed by atoms with van der Waals surface area (Å²) in [5, 5.41) is 6.63. The molecule has 5 heteroatoms. The summed E-state index contributed by atoms with van der Waals surface area (Å²) in [6.45, 7) is 0.606. The number of rotatable bonds is 7. The first-order valence-corrected chi connectivity index (χ1v) is 7.74. The Labute approximate surface area is 123 Å². The minimum atomic E-state index is 0.157. The number of hydrogen-bond acceptors (Lipinski definition) is 3. The van der Waals surface area contributed by atoms with Crippen LogP contribution >= 0.6 is 11.8 Å². The Bertz CT molecular complexity index is 513. The van der Waals surface area contributed by atoms with Crippen LogP contribution < -0.4 is 0 Å². The van der Waals surface area contributed by atoms with Crippen LogP contribution in [-0.4, -0.2) is 39.6 Å². The molecule has 0 aliphatic heterocycles. The summed E-state index contributed by atoms with van der Waals surface area (Å²) in [6.07, 6.45) is 4.56. The average molecular weight is 289 g/mol.